The van der Waals surface area contributed by atoms with E-state index in [0.29, 0.717) is 17.7 Å². The Bertz CT molecular complexity index is 437. The number of hydrogen-bond acceptors (Lipinski definition) is 4. The van der Waals surface area contributed by atoms with Gasteiger partial charge in [-0.1, -0.05) is 0 Å². The molecular formula is C12H14N2O3. The van der Waals surface area contributed by atoms with Crippen LogP contribution in [-0.2, 0) is 4.74 Å². The second-order valence-corrected chi connectivity index (χ2v) is 4.64. The third-order valence-corrected chi connectivity index (χ3v) is 3.56. The van der Waals surface area contributed by atoms with E-state index in [1.54, 1.807) is 18.3 Å². The Morgan fingerprint density at radius 3 is 2.76 bits per heavy atom. The number of nitrogens with zero attached hydrogens (tertiary/aromatic N) is 2. The van der Waals surface area contributed by atoms with E-state index in [-0.39, 0.29) is 5.56 Å². The topological polar surface area (TPSA) is 62.7 Å². The number of aromatic nitrogens is 1. The molecule has 3 rings (SSSR count). The zero-order valence-corrected chi connectivity index (χ0v) is 9.37. The van der Waals surface area contributed by atoms with Gasteiger partial charge in [0.15, 0.2) is 0 Å². The predicted octanol–water partition coefficient (Wildman–Crippen LogP) is 0.862. The fraction of sp³-hybridized carbons (Fsp3) is 0.500. The summed E-state index contributed by atoms with van der Waals surface area (Å²) in [4.78, 5) is 17.4. The average molecular weight is 234 g/mol. The van der Waals surface area contributed by atoms with Crippen LogP contribution in [0.25, 0.3) is 0 Å². The lowest BCUT2D eigenvalue weighted by atomic mass is 10.0. The van der Waals surface area contributed by atoms with Crippen LogP contribution >= 0.6 is 0 Å². The summed E-state index contributed by atoms with van der Waals surface area (Å²) in [6, 6.07) is 3.27. The number of pyridine rings is 1. The first-order valence-electron chi connectivity index (χ1n) is 5.76. The van der Waals surface area contributed by atoms with Gasteiger partial charge in [0, 0.05) is 31.1 Å². The zero-order valence-electron chi connectivity index (χ0n) is 9.37. The van der Waals surface area contributed by atoms with Crippen molar-refractivity contribution >= 4 is 11.8 Å². The molecule has 3 heterocycles. The Morgan fingerprint density at radius 1 is 1.41 bits per heavy atom. The molecule has 1 aromatic rings. The fourth-order valence-corrected chi connectivity index (χ4v) is 2.68. The van der Waals surface area contributed by atoms with Crippen LogP contribution in [0.3, 0.4) is 0 Å². The van der Waals surface area contributed by atoms with Gasteiger partial charge in [-0.15, -0.1) is 0 Å². The fourth-order valence-electron chi connectivity index (χ4n) is 2.68. The summed E-state index contributed by atoms with van der Waals surface area (Å²) in [6.07, 6.45) is 1.65. The molecule has 5 nitrogen and oxygen atoms in total. The van der Waals surface area contributed by atoms with Crippen LogP contribution in [0.5, 0.6) is 0 Å². The largest absolute Gasteiger partial charge is 0.478 e. The first kappa shape index (κ1) is 10.5. The SMILES string of the molecule is O=C(O)c1cccnc1N1CC2COCC2C1. The Kier molecular flexibility index (Phi) is 2.48. The molecule has 0 aliphatic carbocycles. The molecule has 90 valence electrons. The molecule has 1 N–H and O–H groups in total. The van der Waals surface area contributed by atoms with Crippen LogP contribution in [-0.4, -0.2) is 42.4 Å². The monoisotopic (exact) mass is 234 g/mol. The molecule has 17 heavy (non-hydrogen) atoms. The van der Waals surface area contributed by atoms with E-state index in [1.165, 1.54) is 0 Å². The van der Waals surface area contributed by atoms with Gasteiger partial charge in [-0.05, 0) is 12.1 Å². The van der Waals surface area contributed by atoms with E-state index >= 15 is 0 Å². The molecule has 2 saturated heterocycles. The number of carboxylic acids is 1. The van der Waals surface area contributed by atoms with Gasteiger partial charge in [-0.3, -0.25) is 0 Å². The number of carboxylic acid groups (broad SMARTS) is 1. The number of hydrogen-bond donors (Lipinski definition) is 1. The van der Waals surface area contributed by atoms with Gasteiger partial charge in [0.1, 0.15) is 11.4 Å². The molecule has 2 aliphatic heterocycles. The molecule has 0 spiro atoms. The molecule has 2 unspecified atom stereocenters. The zero-order chi connectivity index (χ0) is 11.8. The van der Waals surface area contributed by atoms with Crippen molar-refractivity contribution in [3.63, 3.8) is 0 Å². The van der Waals surface area contributed by atoms with E-state index in [4.69, 9.17) is 9.84 Å². The number of ether oxygens (including phenoxy) is 1. The van der Waals surface area contributed by atoms with Gasteiger partial charge in [0.2, 0.25) is 0 Å². The van der Waals surface area contributed by atoms with Crippen molar-refractivity contribution in [3.8, 4) is 0 Å². The maximum atomic E-state index is 11.1. The normalized spacial score (nSPS) is 27.2. The van der Waals surface area contributed by atoms with Crippen LogP contribution in [0, 0.1) is 11.8 Å². The van der Waals surface area contributed by atoms with Gasteiger partial charge in [0.25, 0.3) is 0 Å². The number of anilines is 1. The van der Waals surface area contributed by atoms with Gasteiger partial charge in [0.05, 0.1) is 13.2 Å². The molecule has 2 fully saturated rings. The molecule has 2 atom stereocenters. The van der Waals surface area contributed by atoms with E-state index in [2.05, 4.69) is 9.88 Å². The quantitative estimate of drug-likeness (QED) is 0.822. The second-order valence-electron chi connectivity index (χ2n) is 4.64. The summed E-state index contributed by atoms with van der Waals surface area (Å²) in [5.74, 6) is 0.730. The van der Waals surface area contributed by atoms with Gasteiger partial charge in [-0.25, -0.2) is 9.78 Å². The molecule has 0 aromatic carbocycles. The minimum Gasteiger partial charge on any atom is -0.478 e. The molecule has 2 aliphatic rings. The highest BCUT2D eigenvalue weighted by Gasteiger charge is 2.38. The van der Waals surface area contributed by atoms with Crippen molar-refractivity contribution in [3.05, 3.63) is 23.9 Å². The Hall–Kier alpha value is -1.62. The maximum absolute atomic E-state index is 11.1. The van der Waals surface area contributed by atoms with E-state index < -0.39 is 5.97 Å². The van der Waals surface area contributed by atoms with Crippen molar-refractivity contribution in [2.24, 2.45) is 11.8 Å². The average Bonchev–Trinajstić information content (AvgIpc) is 2.88. The number of carbonyl (C=O) groups is 1. The lowest BCUT2D eigenvalue weighted by Crippen LogP contribution is -2.25. The van der Waals surface area contributed by atoms with Crippen LogP contribution in [0.1, 0.15) is 10.4 Å². The molecular weight excluding hydrogens is 220 g/mol. The Labute approximate surface area is 99.0 Å². The molecule has 0 amide bonds. The van der Waals surface area contributed by atoms with Crippen molar-refractivity contribution < 1.29 is 14.6 Å². The van der Waals surface area contributed by atoms with Crippen LogP contribution < -0.4 is 4.90 Å². The van der Waals surface area contributed by atoms with E-state index in [9.17, 15) is 4.79 Å². The van der Waals surface area contributed by atoms with Crippen molar-refractivity contribution in [1.29, 1.82) is 0 Å². The lowest BCUT2D eigenvalue weighted by Gasteiger charge is -2.19. The molecule has 5 heteroatoms. The predicted molar refractivity (Wildman–Crippen MR) is 61.2 cm³/mol. The number of aromatic carboxylic acids is 1. The first-order chi connectivity index (χ1) is 8.25. The standard InChI is InChI=1S/C12H14N2O3/c15-12(16)10-2-1-3-13-11(10)14-4-8-6-17-7-9(8)5-14/h1-3,8-9H,4-7H2,(H,15,16). The maximum Gasteiger partial charge on any atom is 0.339 e. The van der Waals surface area contributed by atoms with E-state index in [1.807, 2.05) is 0 Å². The lowest BCUT2D eigenvalue weighted by molar-refractivity contribution is 0.0697. The summed E-state index contributed by atoms with van der Waals surface area (Å²) in [6.45, 7) is 3.27. The Balaban J connectivity index is 1.88. The van der Waals surface area contributed by atoms with Crippen molar-refractivity contribution in [1.82, 2.24) is 4.98 Å². The van der Waals surface area contributed by atoms with Crippen molar-refractivity contribution in [2.75, 3.05) is 31.2 Å². The highest BCUT2D eigenvalue weighted by atomic mass is 16.5. The van der Waals surface area contributed by atoms with E-state index in [0.717, 1.165) is 26.3 Å². The molecule has 1 aromatic heterocycles. The second kappa shape index (κ2) is 4.00. The molecule has 0 saturated carbocycles. The third-order valence-electron chi connectivity index (χ3n) is 3.56. The minimum absolute atomic E-state index is 0.286. The first-order valence-corrected chi connectivity index (χ1v) is 5.76. The van der Waals surface area contributed by atoms with Crippen LogP contribution in [0.15, 0.2) is 18.3 Å². The summed E-state index contributed by atoms with van der Waals surface area (Å²) in [5.41, 5.74) is 0.286. The number of fused-ring (bicyclic) bond motifs is 1. The smallest absolute Gasteiger partial charge is 0.339 e. The summed E-state index contributed by atoms with van der Waals surface area (Å²) < 4.78 is 5.41. The van der Waals surface area contributed by atoms with Gasteiger partial charge < -0.3 is 14.7 Å². The highest BCUT2D eigenvalue weighted by molar-refractivity contribution is 5.93. The van der Waals surface area contributed by atoms with Gasteiger partial charge >= 0.3 is 5.97 Å². The summed E-state index contributed by atoms with van der Waals surface area (Å²) in [7, 11) is 0. The summed E-state index contributed by atoms with van der Waals surface area (Å²) in [5, 5.41) is 9.14. The van der Waals surface area contributed by atoms with Crippen LogP contribution in [0.2, 0.25) is 0 Å². The Morgan fingerprint density at radius 2 is 2.12 bits per heavy atom. The van der Waals surface area contributed by atoms with Crippen molar-refractivity contribution in [2.45, 2.75) is 0 Å². The number of rotatable bonds is 2. The third kappa shape index (κ3) is 1.76. The molecule has 0 radical (unpaired) electrons. The summed E-state index contributed by atoms with van der Waals surface area (Å²) >= 11 is 0. The van der Waals surface area contributed by atoms with Crippen LogP contribution in [0.4, 0.5) is 5.82 Å². The minimum atomic E-state index is -0.915. The van der Waals surface area contributed by atoms with Gasteiger partial charge in [-0.2, -0.15) is 0 Å². The highest BCUT2D eigenvalue weighted by Crippen LogP contribution is 2.32. The molecule has 0 bridgehead atoms.